The van der Waals surface area contributed by atoms with E-state index in [0.717, 1.165) is 35.4 Å². The molecule has 2 aromatic heterocycles. The van der Waals surface area contributed by atoms with Crippen molar-refractivity contribution >= 4 is 33.0 Å². The van der Waals surface area contributed by atoms with Crippen molar-refractivity contribution in [2.24, 2.45) is 0 Å². The second-order valence-electron chi connectivity index (χ2n) is 6.81. The van der Waals surface area contributed by atoms with Gasteiger partial charge in [-0.05, 0) is 12.1 Å². The number of hydrogen-bond donors (Lipinski definition) is 4. The number of rotatable bonds is 5. The molecule has 0 radical (unpaired) electrons. The van der Waals surface area contributed by atoms with Gasteiger partial charge in [-0.2, -0.15) is 8.42 Å². The molecule has 3 heterocycles. The molecule has 14 heteroatoms. The summed E-state index contributed by atoms with van der Waals surface area (Å²) in [5, 5.41) is 30.8. The molecular weight excluding hydrogens is 437 g/mol. The number of Topliss-reactive ketones (excluding diaryl/α,β-unsaturated/α-hetero) is 1. The molecule has 1 aliphatic rings. The number of halogens is 1. The fourth-order valence-corrected chi connectivity index (χ4v) is 4.05. The number of ether oxygens (including phenoxy) is 1. The van der Waals surface area contributed by atoms with Crippen molar-refractivity contribution in [2.75, 3.05) is 12.3 Å². The summed E-state index contributed by atoms with van der Waals surface area (Å²) in [5.74, 6) is -1.08. The summed E-state index contributed by atoms with van der Waals surface area (Å²) in [6, 6.07) is 4.00. The van der Waals surface area contributed by atoms with Gasteiger partial charge < -0.3 is 25.8 Å². The third-order valence-corrected chi connectivity index (χ3v) is 5.86. The minimum absolute atomic E-state index is 0.0383. The number of hydrogen-bond acceptors (Lipinski definition) is 11. The largest absolute Gasteiger partial charge is 0.394 e. The minimum atomic E-state index is -5.14. The van der Waals surface area contributed by atoms with Crippen LogP contribution in [0.3, 0.4) is 0 Å². The van der Waals surface area contributed by atoms with Gasteiger partial charge in [-0.3, -0.25) is 9.36 Å². The molecule has 5 N–H and O–H groups in total. The summed E-state index contributed by atoms with van der Waals surface area (Å²) in [6.45, 7) is -0.754. The first-order chi connectivity index (χ1) is 14.6. The molecule has 31 heavy (non-hydrogen) atoms. The van der Waals surface area contributed by atoms with Crippen molar-refractivity contribution in [3.05, 3.63) is 42.5 Å². The number of nitrogens with two attached hydrogens (primary N) is 1. The molecule has 1 fully saturated rings. The molecule has 1 aliphatic heterocycles. The molecular formula is C17H16FN5O7S. The minimum Gasteiger partial charge on any atom is -0.394 e. The number of benzene rings is 1. The van der Waals surface area contributed by atoms with E-state index in [1.807, 2.05) is 0 Å². The molecule has 1 aromatic carbocycles. The Kier molecular flexibility index (Phi) is 4.98. The summed E-state index contributed by atoms with van der Waals surface area (Å²) < 4.78 is 42.7. The van der Waals surface area contributed by atoms with Gasteiger partial charge in [0.1, 0.15) is 36.5 Å². The predicted molar refractivity (Wildman–Crippen MR) is 101 cm³/mol. The molecule has 3 aromatic rings. The molecule has 4 rings (SSSR count). The van der Waals surface area contributed by atoms with E-state index in [2.05, 4.69) is 15.0 Å². The van der Waals surface area contributed by atoms with Gasteiger partial charge in [-0.25, -0.2) is 15.0 Å². The van der Waals surface area contributed by atoms with Crippen LogP contribution in [0.15, 0.2) is 41.8 Å². The van der Waals surface area contributed by atoms with E-state index in [4.69, 9.17) is 10.5 Å². The predicted octanol–water partition coefficient (Wildman–Crippen LogP) is -1.28. The van der Waals surface area contributed by atoms with Gasteiger partial charge in [-0.15, -0.1) is 3.89 Å². The average molecular weight is 453 g/mol. The number of imidazole rings is 1. The Balaban J connectivity index is 1.97. The maximum absolute atomic E-state index is 13.6. The van der Waals surface area contributed by atoms with Crippen LogP contribution in [0.1, 0.15) is 10.4 Å². The molecule has 0 bridgehead atoms. The van der Waals surface area contributed by atoms with Gasteiger partial charge >= 0.3 is 10.2 Å². The average Bonchev–Trinajstić information content (AvgIpc) is 3.28. The van der Waals surface area contributed by atoms with Crippen LogP contribution in [0, 0.1) is 0 Å². The fraction of sp³-hybridized carbons (Fsp3) is 0.294. The number of fused-ring (bicyclic) bond motifs is 1. The van der Waals surface area contributed by atoms with E-state index >= 15 is 0 Å². The van der Waals surface area contributed by atoms with Crippen LogP contribution in [0.2, 0.25) is 0 Å². The third kappa shape index (κ3) is 3.16. The Bertz CT molecular complexity index is 1280. The molecule has 0 amide bonds. The monoisotopic (exact) mass is 453 g/mol. The van der Waals surface area contributed by atoms with Crippen LogP contribution in [0.5, 0.6) is 0 Å². The number of carbonyl (C=O) groups excluding carboxylic acids is 1. The van der Waals surface area contributed by atoms with Gasteiger partial charge in [0.2, 0.25) is 11.5 Å². The smallest absolute Gasteiger partial charge is 0.332 e. The Morgan fingerprint density at radius 2 is 2.03 bits per heavy atom. The lowest BCUT2D eigenvalue weighted by molar-refractivity contribution is -0.113. The van der Waals surface area contributed by atoms with Gasteiger partial charge in [0.15, 0.2) is 11.5 Å². The van der Waals surface area contributed by atoms with E-state index in [1.54, 1.807) is 0 Å². The van der Waals surface area contributed by atoms with Crippen molar-refractivity contribution < 1.29 is 37.2 Å². The maximum atomic E-state index is 13.6. The number of aromatic nitrogens is 4. The van der Waals surface area contributed by atoms with E-state index < -0.39 is 51.5 Å². The first kappa shape index (κ1) is 21.2. The first-order valence-corrected chi connectivity index (χ1v) is 10.2. The second kappa shape index (κ2) is 7.28. The highest BCUT2D eigenvalue weighted by Gasteiger charge is 2.61. The third-order valence-electron chi connectivity index (χ3n) is 5.04. The SMILES string of the molecule is Nc1ncnc2c1ncn2[C@]1(C(=O)c2cccc(S(=O)(=O)F)c2)O[C@H](CO)[C@@H](O)[C@H]1O. The van der Waals surface area contributed by atoms with Gasteiger partial charge in [0.05, 0.1) is 11.5 Å². The summed E-state index contributed by atoms with van der Waals surface area (Å²) in [4.78, 5) is 24.6. The van der Waals surface area contributed by atoms with Crippen molar-refractivity contribution in [3.63, 3.8) is 0 Å². The molecule has 0 aliphatic carbocycles. The van der Waals surface area contributed by atoms with Crippen LogP contribution in [-0.2, 0) is 20.7 Å². The number of anilines is 1. The molecule has 0 unspecified atom stereocenters. The highest BCUT2D eigenvalue weighted by molar-refractivity contribution is 7.86. The number of nitrogens with zero attached hydrogens (tertiary/aromatic N) is 4. The molecule has 1 saturated heterocycles. The molecule has 164 valence electrons. The molecule has 12 nitrogen and oxygen atoms in total. The summed E-state index contributed by atoms with van der Waals surface area (Å²) in [7, 11) is -5.14. The van der Waals surface area contributed by atoms with E-state index in [9.17, 15) is 32.4 Å². The fourth-order valence-electron chi connectivity index (χ4n) is 3.54. The summed E-state index contributed by atoms with van der Waals surface area (Å²) in [6.07, 6.45) is -2.90. The molecule has 4 atom stereocenters. The Morgan fingerprint density at radius 3 is 2.68 bits per heavy atom. The van der Waals surface area contributed by atoms with Crippen LogP contribution in [0.25, 0.3) is 11.2 Å². The van der Waals surface area contributed by atoms with Gasteiger partial charge in [-0.1, -0.05) is 12.1 Å². The van der Waals surface area contributed by atoms with Crippen molar-refractivity contribution in [1.82, 2.24) is 19.5 Å². The highest BCUT2D eigenvalue weighted by Crippen LogP contribution is 2.40. The Morgan fingerprint density at radius 1 is 1.29 bits per heavy atom. The first-order valence-electron chi connectivity index (χ1n) is 8.79. The number of ketones is 1. The molecule has 0 spiro atoms. The number of carbonyl (C=O) groups is 1. The van der Waals surface area contributed by atoms with Crippen molar-refractivity contribution in [2.45, 2.75) is 28.9 Å². The second-order valence-corrected chi connectivity index (χ2v) is 8.16. The van der Waals surface area contributed by atoms with Crippen LogP contribution in [-0.4, -0.2) is 74.0 Å². The summed E-state index contributed by atoms with van der Waals surface area (Å²) in [5.41, 5.74) is 3.01. The van der Waals surface area contributed by atoms with Crippen molar-refractivity contribution in [1.29, 1.82) is 0 Å². The normalized spacial score (nSPS) is 26.4. The topological polar surface area (TPSA) is 191 Å². The summed E-state index contributed by atoms with van der Waals surface area (Å²) >= 11 is 0. The standard InChI is InChI=1S/C17H16FN5O7S/c18-31(28,29)9-3-1-2-8(4-9)13(26)17(14(27)12(25)10(5-24)30-17)23-7-22-11-15(19)20-6-21-16(11)23/h1-4,6-7,10,12,14,24-25,27H,5H2,(H2,19,20,21)/t10-,12-,14-,17-/m1/s1. The zero-order valence-electron chi connectivity index (χ0n) is 15.5. The van der Waals surface area contributed by atoms with Crippen LogP contribution < -0.4 is 5.73 Å². The lowest BCUT2D eigenvalue weighted by Crippen LogP contribution is -2.51. The van der Waals surface area contributed by atoms with E-state index in [1.165, 1.54) is 6.07 Å². The lowest BCUT2D eigenvalue weighted by atomic mass is 9.93. The Hall–Kier alpha value is -3.04. The van der Waals surface area contributed by atoms with Crippen molar-refractivity contribution in [3.8, 4) is 0 Å². The highest BCUT2D eigenvalue weighted by atomic mass is 32.3. The zero-order chi connectivity index (χ0) is 22.6. The quantitative estimate of drug-likeness (QED) is 0.266. The van der Waals surface area contributed by atoms with Gasteiger partial charge in [0, 0.05) is 5.56 Å². The Labute approximate surface area is 174 Å². The number of aliphatic hydroxyl groups excluding tert-OH is 3. The van der Waals surface area contributed by atoms with Crippen LogP contribution >= 0.6 is 0 Å². The maximum Gasteiger partial charge on any atom is 0.332 e. The number of aliphatic hydroxyl groups is 3. The van der Waals surface area contributed by atoms with Crippen LogP contribution in [0.4, 0.5) is 9.70 Å². The van der Waals surface area contributed by atoms with E-state index in [-0.39, 0.29) is 22.5 Å². The number of nitrogen functional groups attached to an aromatic ring is 1. The van der Waals surface area contributed by atoms with Gasteiger partial charge in [0.25, 0.3) is 0 Å². The van der Waals surface area contributed by atoms with E-state index in [0.29, 0.717) is 0 Å². The lowest BCUT2D eigenvalue weighted by Gasteiger charge is -2.32. The molecule has 0 saturated carbocycles. The zero-order valence-corrected chi connectivity index (χ0v) is 16.3.